The topological polar surface area (TPSA) is 211 Å². The number of ether oxygens (including phenoxy) is 4. The van der Waals surface area contributed by atoms with Crippen LogP contribution in [0.4, 0.5) is 11.5 Å². The van der Waals surface area contributed by atoms with Gasteiger partial charge in [0.25, 0.3) is 13.5 Å². The molecule has 8 aromatic rings. The van der Waals surface area contributed by atoms with E-state index in [0.29, 0.717) is 29.2 Å². The van der Waals surface area contributed by atoms with Crippen LogP contribution in [0.3, 0.4) is 0 Å². The number of anilines is 1. The zero-order valence-electron chi connectivity index (χ0n) is 37.6. The Morgan fingerprint density at radius 2 is 1.39 bits per heavy atom. The Labute approximate surface area is 402 Å². The Balaban J connectivity index is 1.11. The van der Waals surface area contributed by atoms with Gasteiger partial charge < -0.3 is 38.2 Å². The third-order valence-electron chi connectivity index (χ3n) is 11.8. The van der Waals surface area contributed by atoms with E-state index in [1.807, 2.05) is 115 Å². The lowest BCUT2D eigenvalue weighted by molar-refractivity contribution is -0.384. The normalized spacial score (nSPS) is 17.7. The molecule has 0 spiro atoms. The van der Waals surface area contributed by atoms with E-state index in [4.69, 9.17) is 28.0 Å². The minimum absolute atomic E-state index is 0.0648. The fourth-order valence-electron chi connectivity index (χ4n) is 8.40. The number of non-ortho nitro benzene ring substituents is 1. The van der Waals surface area contributed by atoms with Crippen LogP contribution in [0.2, 0.25) is 0 Å². The van der Waals surface area contributed by atoms with Crippen LogP contribution in [0.15, 0.2) is 183 Å². The van der Waals surface area contributed by atoms with Crippen LogP contribution in [0.25, 0.3) is 11.2 Å². The first-order chi connectivity index (χ1) is 34.1. The van der Waals surface area contributed by atoms with Crippen molar-refractivity contribution in [2.24, 2.45) is 0 Å². The first-order valence-corrected chi connectivity index (χ1v) is 23.7. The number of hydrogen-bond donors (Lipinski definition) is 1. The summed E-state index contributed by atoms with van der Waals surface area (Å²) in [4.78, 5) is 52.6. The zero-order valence-corrected chi connectivity index (χ0v) is 38.5. The summed E-state index contributed by atoms with van der Waals surface area (Å²) in [6.07, 6.45) is -2.87. The molecule has 0 amide bonds. The number of imidazole rings is 1. The van der Waals surface area contributed by atoms with E-state index >= 15 is 0 Å². The van der Waals surface area contributed by atoms with Gasteiger partial charge in [0.1, 0.15) is 23.8 Å². The number of nitro groups is 1. The van der Waals surface area contributed by atoms with Crippen molar-refractivity contribution in [3.8, 4) is 5.75 Å². The van der Waals surface area contributed by atoms with Gasteiger partial charge >= 0.3 is 5.97 Å². The lowest BCUT2D eigenvalue weighted by atomic mass is 9.80. The van der Waals surface area contributed by atoms with Crippen molar-refractivity contribution in [1.29, 1.82) is 0 Å². The number of benzene rings is 6. The number of carbonyl (C=O) groups is 1. The van der Waals surface area contributed by atoms with Gasteiger partial charge in [-0.15, -0.1) is 0 Å². The van der Waals surface area contributed by atoms with E-state index < -0.39 is 48.9 Å². The second-order valence-corrected chi connectivity index (χ2v) is 17.5. The van der Waals surface area contributed by atoms with Gasteiger partial charge in [-0.2, -0.15) is 0 Å². The van der Waals surface area contributed by atoms with Crippen LogP contribution in [0.1, 0.15) is 44.4 Å². The molecular weight excluding hydrogens is 916 g/mol. The van der Waals surface area contributed by atoms with Gasteiger partial charge in [0.15, 0.2) is 35.4 Å². The van der Waals surface area contributed by atoms with E-state index in [9.17, 15) is 24.4 Å². The highest BCUT2D eigenvalue weighted by molar-refractivity contribution is 7.45. The molecule has 2 aromatic heterocycles. The Kier molecular flexibility index (Phi) is 14.5. The van der Waals surface area contributed by atoms with Crippen molar-refractivity contribution in [2.45, 2.75) is 43.1 Å². The first-order valence-electron chi connectivity index (χ1n) is 22.3. The molecule has 1 aliphatic rings. The van der Waals surface area contributed by atoms with Gasteiger partial charge in [-0.1, -0.05) is 133 Å². The second kappa shape index (κ2) is 21.3. The Morgan fingerprint density at radius 3 is 2.01 bits per heavy atom. The third-order valence-corrected chi connectivity index (χ3v) is 12.8. The minimum atomic E-state index is -5.30. The summed E-state index contributed by atoms with van der Waals surface area (Å²) in [5, 5.41) is 14.5. The predicted molar refractivity (Wildman–Crippen MR) is 256 cm³/mol. The molecule has 17 nitrogen and oxygen atoms in total. The molecule has 18 heteroatoms. The highest BCUT2D eigenvalue weighted by Gasteiger charge is 2.52. The number of aromatic nitrogens is 4. The summed E-state index contributed by atoms with van der Waals surface area (Å²) in [5.74, 6) is 0.237. The van der Waals surface area contributed by atoms with Crippen molar-refractivity contribution in [1.82, 2.24) is 19.5 Å². The molecule has 70 heavy (non-hydrogen) atoms. The van der Waals surface area contributed by atoms with Gasteiger partial charge in [-0.3, -0.25) is 19.2 Å². The van der Waals surface area contributed by atoms with E-state index in [-0.39, 0.29) is 36.5 Å². The van der Waals surface area contributed by atoms with Gasteiger partial charge in [0, 0.05) is 18.7 Å². The number of esters is 1. The smallest absolute Gasteiger partial charge is 0.338 e. The number of fused-ring (bicyclic) bond motifs is 1. The molecular formula is C52H46N6O11P-. The van der Waals surface area contributed by atoms with Crippen LogP contribution < -0.4 is 14.9 Å². The van der Waals surface area contributed by atoms with Crippen molar-refractivity contribution in [3.63, 3.8) is 0 Å². The van der Waals surface area contributed by atoms with Crippen molar-refractivity contribution in [3.05, 3.63) is 226 Å². The van der Waals surface area contributed by atoms with Crippen molar-refractivity contribution >= 4 is 36.5 Å². The number of nitrogens with one attached hydrogen (secondary N) is 1. The van der Waals surface area contributed by atoms with Gasteiger partial charge in [0.05, 0.1) is 37.1 Å². The Hall–Kier alpha value is -7.63. The summed E-state index contributed by atoms with van der Waals surface area (Å²) in [6, 6.07) is 50.2. The number of nitro benzene ring substituents is 1. The number of phosphoric ester groups is 1. The molecule has 1 saturated heterocycles. The lowest BCUT2D eigenvalue weighted by Gasteiger charge is -2.37. The molecule has 9 rings (SSSR count). The number of methoxy groups -OCH3 is 1. The van der Waals surface area contributed by atoms with Crippen LogP contribution in [-0.4, -0.2) is 69.0 Å². The fraction of sp³-hybridized carbons (Fsp3) is 0.192. The Morgan fingerprint density at radius 1 is 0.771 bits per heavy atom. The third kappa shape index (κ3) is 10.5. The largest absolute Gasteiger partial charge is 0.756 e. The number of hydrogen-bond acceptors (Lipinski definition) is 15. The average Bonchev–Trinajstić information content (AvgIpc) is 3.98. The molecule has 1 aliphatic heterocycles. The van der Waals surface area contributed by atoms with E-state index in [1.54, 1.807) is 37.4 Å². The van der Waals surface area contributed by atoms with Gasteiger partial charge in [-0.25, -0.2) is 19.7 Å². The summed E-state index contributed by atoms with van der Waals surface area (Å²) >= 11 is 0. The molecule has 0 saturated carbocycles. The molecule has 0 aliphatic carbocycles. The number of rotatable bonds is 20. The van der Waals surface area contributed by atoms with Crippen molar-refractivity contribution < 1.29 is 47.2 Å². The molecule has 356 valence electrons. The molecule has 3 heterocycles. The summed E-state index contributed by atoms with van der Waals surface area (Å²) in [6.45, 7) is -0.264. The molecule has 0 radical (unpaired) electrons. The molecule has 1 N–H and O–H groups in total. The maximum atomic E-state index is 14.2. The van der Waals surface area contributed by atoms with Crippen LogP contribution in [0, 0.1) is 10.1 Å². The maximum Gasteiger partial charge on any atom is 0.338 e. The predicted octanol–water partition coefficient (Wildman–Crippen LogP) is 8.60. The lowest BCUT2D eigenvalue weighted by Crippen LogP contribution is -2.42. The molecule has 1 fully saturated rings. The van der Waals surface area contributed by atoms with E-state index in [0.717, 1.165) is 22.3 Å². The highest BCUT2D eigenvalue weighted by Crippen LogP contribution is 2.49. The SMILES string of the molecule is COc1ccc(C(OC[C@H]2O[C@@H](n3cnc4c(NCc5ccccc5)ncnc43)[C@H](OP(=O)([O-])OCCc3ccc([N+](=O)[O-])cc3)[C@@H]2OC(=O)c2ccccc2)(c2ccccc2)c2ccccc2)cc1. The zero-order chi connectivity index (χ0) is 48.5. The average molecular weight is 962 g/mol. The molecule has 0 bridgehead atoms. The quantitative estimate of drug-likeness (QED) is 0.0249. The monoisotopic (exact) mass is 961 g/mol. The van der Waals surface area contributed by atoms with Gasteiger partial charge in [0.2, 0.25) is 0 Å². The highest BCUT2D eigenvalue weighted by atomic mass is 31.2. The van der Waals surface area contributed by atoms with Gasteiger partial charge in [-0.05, 0) is 58.5 Å². The Bertz CT molecular complexity index is 3020. The maximum absolute atomic E-state index is 14.2. The standard InChI is InChI=1S/C52H47N6O11P/c1-64-43-28-24-41(25-29-43)52(39-18-10-4-11-19-39,40-20-12-5-13-21-40)65-33-44-46(68-51(59)38-16-8-3-9-17-38)47(69-70(62,63)66-31-30-36-22-26-42(27-23-36)58(60)61)50(67-44)57-35-56-45-48(54-34-55-49(45)57)53-32-37-14-6-2-7-15-37/h2-29,34-35,44,46-47,50H,30-33H2,1H3,(H,62,63)(H,53,54,55)/p-1/t44-,46-,47-,50-/m1/s1. The molecule has 1 unspecified atom stereocenters. The second-order valence-electron chi connectivity index (χ2n) is 16.2. The summed E-state index contributed by atoms with van der Waals surface area (Å²) in [7, 11) is -3.72. The summed E-state index contributed by atoms with van der Waals surface area (Å²) in [5.41, 5.74) is 3.15. The number of phosphoric acid groups is 1. The van der Waals surface area contributed by atoms with E-state index in [1.165, 1.54) is 41.5 Å². The number of nitrogens with zero attached hydrogens (tertiary/aromatic N) is 5. The summed E-state index contributed by atoms with van der Waals surface area (Å²) < 4.78 is 53.0. The first kappa shape index (κ1) is 47.4. The van der Waals surface area contributed by atoms with Crippen LogP contribution >= 0.6 is 7.82 Å². The fourth-order valence-corrected chi connectivity index (χ4v) is 9.30. The van der Waals surface area contributed by atoms with E-state index in [2.05, 4.69) is 20.3 Å². The minimum Gasteiger partial charge on any atom is -0.756 e. The molecule has 5 atom stereocenters. The van der Waals surface area contributed by atoms with Crippen LogP contribution in [-0.2, 0) is 46.4 Å². The van der Waals surface area contributed by atoms with Crippen molar-refractivity contribution in [2.75, 3.05) is 25.6 Å². The molecule has 6 aromatic carbocycles. The number of carbonyl (C=O) groups excluding carboxylic acids is 1. The van der Waals surface area contributed by atoms with Crippen LogP contribution in [0.5, 0.6) is 5.75 Å².